The van der Waals surface area contributed by atoms with E-state index in [9.17, 15) is 14.7 Å². The zero-order chi connectivity index (χ0) is 25.1. The van der Waals surface area contributed by atoms with E-state index < -0.39 is 17.7 Å². The Kier molecular flexibility index (Phi) is 6.87. The summed E-state index contributed by atoms with van der Waals surface area (Å²) < 4.78 is 10.6. The zero-order valence-corrected chi connectivity index (χ0v) is 20.2. The fraction of sp³-hybridized carbons (Fsp3) is 0.250. The molecule has 1 saturated heterocycles. The van der Waals surface area contributed by atoms with Crippen LogP contribution in [0.25, 0.3) is 5.76 Å². The van der Waals surface area contributed by atoms with Crippen LogP contribution >= 0.6 is 0 Å². The molecule has 3 aromatic rings. The molecule has 180 valence electrons. The molecule has 4 rings (SSSR count). The molecule has 7 heteroatoms. The largest absolute Gasteiger partial charge is 0.507 e. The lowest BCUT2D eigenvalue weighted by atomic mass is 9.93. The van der Waals surface area contributed by atoms with Crippen molar-refractivity contribution in [3.8, 4) is 11.5 Å². The summed E-state index contributed by atoms with van der Waals surface area (Å²) in [6, 6.07) is 15.5. The fourth-order valence-electron chi connectivity index (χ4n) is 4.28. The summed E-state index contributed by atoms with van der Waals surface area (Å²) in [7, 11) is 3.01. The van der Waals surface area contributed by atoms with Crippen molar-refractivity contribution in [2.45, 2.75) is 32.4 Å². The summed E-state index contributed by atoms with van der Waals surface area (Å²) in [4.78, 5) is 32.1. The van der Waals surface area contributed by atoms with Gasteiger partial charge in [0, 0.05) is 24.5 Å². The van der Waals surface area contributed by atoms with E-state index >= 15 is 0 Å². The zero-order valence-electron chi connectivity index (χ0n) is 20.2. The molecule has 1 aliphatic rings. The lowest BCUT2D eigenvalue weighted by Gasteiger charge is -2.25. The molecular weight excluding hydrogens is 444 g/mol. The number of aliphatic hydroxyl groups excluding tert-OH is 1. The van der Waals surface area contributed by atoms with Gasteiger partial charge in [-0.2, -0.15) is 0 Å². The molecule has 1 aliphatic heterocycles. The molecule has 0 radical (unpaired) electrons. The van der Waals surface area contributed by atoms with Gasteiger partial charge in [-0.05, 0) is 46.9 Å². The van der Waals surface area contributed by atoms with Crippen molar-refractivity contribution < 1.29 is 24.2 Å². The van der Waals surface area contributed by atoms with E-state index in [4.69, 9.17) is 9.47 Å². The minimum atomic E-state index is -0.760. The number of methoxy groups -OCH3 is 2. The molecule has 1 fully saturated rings. The predicted molar refractivity (Wildman–Crippen MR) is 132 cm³/mol. The van der Waals surface area contributed by atoms with Gasteiger partial charge in [0.05, 0.1) is 25.8 Å². The van der Waals surface area contributed by atoms with Gasteiger partial charge in [-0.15, -0.1) is 0 Å². The van der Waals surface area contributed by atoms with Gasteiger partial charge in [0.15, 0.2) is 11.5 Å². The van der Waals surface area contributed by atoms with Crippen LogP contribution in [0, 0.1) is 0 Å². The van der Waals surface area contributed by atoms with Crippen LogP contribution in [0.5, 0.6) is 11.5 Å². The van der Waals surface area contributed by atoms with E-state index in [1.807, 2.05) is 30.3 Å². The van der Waals surface area contributed by atoms with Crippen LogP contribution in [0.15, 0.2) is 72.6 Å². The highest BCUT2D eigenvalue weighted by molar-refractivity contribution is 6.46. The third-order valence-corrected chi connectivity index (χ3v) is 6.19. The number of nitrogens with zero attached hydrogens (tertiary/aromatic N) is 2. The first-order valence-corrected chi connectivity index (χ1v) is 11.3. The molecule has 1 amide bonds. The van der Waals surface area contributed by atoms with Crippen LogP contribution in [-0.4, -0.2) is 40.9 Å². The molecule has 35 heavy (non-hydrogen) atoms. The van der Waals surface area contributed by atoms with Crippen LogP contribution in [0.2, 0.25) is 0 Å². The maximum atomic E-state index is 13.3. The fourth-order valence-corrected chi connectivity index (χ4v) is 4.28. The van der Waals surface area contributed by atoms with Gasteiger partial charge < -0.3 is 19.5 Å². The number of carbonyl (C=O) groups is 2. The van der Waals surface area contributed by atoms with Crippen LogP contribution in [0.4, 0.5) is 0 Å². The summed E-state index contributed by atoms with van der Waals surface area (Å²) >= 11 is 0. The van der Waals surface area contributed by atoms with Crippen molar-refractivity contribution >= 4 is 17.4 Å². The molecule has 2 aromatic carbocycles. The third-order valence-electron chi connectivity index (χ3n) is 6.19. The molecule has 0 aliphatic carbocycles. The topological polar surface area (TPSA) is 89.0 Å². The van der Waals surface area contributed by atoms with Gasteiger partial charge in [0.2, 0.25) is 0 Å². The molecule has 0 saturated carbocycles. The maximum absolute atomic E-state index is 13.3. The first-order chi connectivity index (χ1) is 16.8. The Balaban J connectivity index is 1.86. The molecule has 0 unspecified atom stereocenters. The lowest BCUT2D eigenvalue weighted by Crippen LogP contribution is -2.29. The van der Waals surface area contributed by atoms with E-state index in [0.717, 1.165) is 16.7 Å². The lowest BCUT2D eigenvalue weighted by molar-refractivity contribution is -0.140. The number of ether oxygens (including phenoxy) is 2. The number of hydrogen-bond donors (Lipinski definition) is 1. The van der Waals surface area contributed by atoms with Crippen LogP contribution in [-0.2, 0) is 16.1 Å². The summed E-state index contributed by atoms with van der Waals surface area (Å²) in [5.41, 5.74) is 3.04. The summed E-state index contributed by atoms with van der Waals surface area (Å²) in [5, 5.41) is 11.3. The average Bonchev–Trinajstić information content (AvgIpc) is 3.13. The number of amides is 1. The van der Waals surface area contributed by atoms with E-state index in [0.29, 0.717) is 23.0 Å². The molecule has 0 spiro atoms. The number of aliphatic hydroxyl groups is 1. The first-order valence-electron chi connectivity index (χ1n) is 11.3. The Hall–Kier alpha value is -4.13. The third kappa shape index (κ3) is 4.62. The van der Waals surface area contributed by atoms with Gasteiger partial charge in [0.1, 0.15) is 5.76 Å². The Bertz CT molecular complexity index is 1270. The molecule has 0 bridgehead atoms. The number of ketones is 1. The second-order valence-electron chi connectivity index (χ2n) is 8.68. The second kappa shape index (κ2) is 10.0. The summed E-state index contributed by atoms with van der Waals surface area (Å²) in [6.45, 7) is 4.37. The standard InChI is InChI=1S/C28H28N2O5/c1-17(2)19-7-9-20(10-8-19)25-24(26(31)21-11-12-22(34-3)23(14-21)35-4)27(32)28(33)30(25)16-18-6-5-13-29-15-18/h5-15,17,25,31H,16H2,1-4H3/t25-/m0/s1. The molecule has 7 nitrogen and oxygen atoms in total. The van der Waals surface area contributed by atoms with E-state index in [-0.39, 0.29) is 17.9 Å². The van der Waals surface area contributed by atoms with E-state index in [1.54, 1.807) is 36.7 Å². The maximum Gasteiger partial charge on any atom is 0.295 e. The Morgan fingerprint density at radius 1 is 1.03 bits per heavy atom. The minimum absolute atomic E-state index is 0.0309. The molecule has 2 heterocycles. The quantitative estimate of drug-likeness (QED) is 0.301. The number of rotatable bonds is 7. The van der Waals surface area contributed by atoms with Gasteiger partial charge in [0.25, 0.3) is 11.7 Å². The van der Waals surface area contributed by atoms with Crippen molar-refractivity contribution in [2.75, 3.05) is 14.2 Å². The second-order valence-corrected chi connectivity index (χ2v) is 8.68. The molecular formula is C28H28N2O5. The predicted octanol–water partition coefficient (Wildman–Crippen LogP) is 4.84. The van der Waals surface area contributed by atoms with Crippen molar-refractivity contribution in [1.82, 2.24) is 9.88 Å². The SMILES string of the molecule is COc1ccc(C(O)=C2C(=O)C(=O)N(Cc3cccnc3)[C@H]2c2ccc(C(C)C)cc2)cc1OC. The number of benzene rings is 2. The highest BCUT2D eigenvalue weighted by Gasteiger charge is 2.46. The average molecular weight is 473 g/mol. The number of Topliss-reactive ketones (excluding diaryl/α,β-unsaturated/α-hetero) is 1. The molecule has 1 aromatic heterocycles. The van der Waals surface area contributed by atoms with Crippen molar-refractivity contribution in [2.24, 2.45) is 0 Å². The van der Waals surface area contributed by atoms with E-state index in [1.165, 1.54) is 19.1 Å². The van der Waals surface area contributed by atoms with Crippen molar-refractivity contribution in [1.29, 1.82) is 0 Å². The van der Waals surface area contributed by atoms with Gasteiger partial charge in [-0.3, -0.25) is 14.6 Å². The Labute approximate surface area is 204 Å². The van der Waals surface area contributed by atoms with E-state index in [2.05, 4.69) is 18.8 Å². The van der Waals surface area contributed by atoms with Crippen LogP contribution < -0.4 is 9.47 Å². The molecule has 1 N–H and O–H groups in total. The number of aromatic nitrogens is 1. The smallest absolute Gasteiger partial charge is 0.295 e. The number of pyridine rings is 1. The minimum Gasteiger partial charge on any atom is -0.507 e. The highest BCUT2D eigenvalue weighted by atomic mass is 16.5. The highest BCUT2D eigenvalue weighted by Crippen LogP contribution is 2.41. The van der Waals surface area contributed by atoms with Crippen LogP contribution in [0.3, 0.4) is 0 Å². The summed E-state index contributed by atoms with van der Waals surface area (Å²) in [5.74, 6) is -0.456. The number of likely N-dealkylation sites (tertiary alicyclic amines) is 1. The number of carbonyl (C=O) groups excluding carboxylic acids is 2. The van der Waals surface area contributed by atoms with Crippen molar-refractivity contribution in [3.05, 3.63) is 94.8 Å². The van der Waals surface area contributed by atoms with Crippen LogP contribution in [0.1, 0.15) is 48.1 Å². The Morgan fingerprint density at radius 3 is 2.34 bits per heavy atom. The van der Waals surface area contributed by atoms with Gasteiger partial charge in [-0.1, -0.05) is 44.2 Å². The monoisotopic (exact) mass is 472 g/mol. The normalized spacial score (nSPS) is 17.2. The summed E-state index contributed by atoms with van der Waals surface area (Å²) in [6.07, 6.45) is 3.31. The van der Waals surface area contributed by atoms with Gasteiger partial charge in [-0.25, -0.2) is 0 Å². The Morgan fingerprint density at radius 2 is 1.74 bits per heavy atom. The number of hydrogen-bond acceptors (Lipinski definition) is 6. The van der Waals surface area contributed by atoms with Crippen molar-refractivity contribution in [3.63, 3.8) is 0 Å². The first kappa shape index (κ1) is 24.0. The molecule has 1 atom stereocenters. The van der Waals surface area contributed by atoms with Gasteiger partial charge >= 0.3 is 0 Å².